The van der Waals surface area contributed by atoms with E-state index in [1.807, 2.05) is 18.3 Å². The van der Waals surface area contributed by atoms with Gasteiger partial charge in [-0.2, -0.15) is 13.2 Å². The molecule has 1 spiro atoms. The molecule has 4 heterocycles. The topological polar surface area (TPSA) is 91.7 Å². The Morgan fingerprint density at radius 3 is 2.42 bits per heavy atom. The SMILES string of the molecule is CN(Cc1ccccn1)C1COC2(CCN(c3ncc(F)cn3)CC2)C1.O=C(O)C(F)(F)F. The van der Waals surface area contributed by atoms with Crippen molar-refractivity contribution in [1.82, 2.24) is 19.9 Å². The summed E-state index contributed by atoms with van der Waals surface area (Å²) < 4.78 is 51.0. The lowest BCUT2D eigenvalue weighted by atomic mass is 9.87. The molecule has 0 amide bonds. The summed E-state index contributed by atoms with van der Waals surface area (Å²) in [5.41, 5.74) is 1.03. The summed E-state index contributed by atoms with van der Waals surface area (Å²) in [6.45, 7) is 3.27. The van der Waals surface area contributed by atoms with E-state index in [9.17, 15) is 17.6 Å². The summed E-state index contributed by atoms with van der Waals surface area (Å²) >= 11 is 0. The van der Waals surface area contributed by atoms with Crippen LogP contribution in [0.25, 0.3) is 0 Å². The molecule has 180 valence electrons. The third kappa shape index (κ3) is 6.81. The van der Waals surface area contributed by atoms with Crippen molar-refractivity contribution in [2.24, 2.45) is 0 Å². The fourth-order valence-electron chi connectivity index (χ4n) is 3.91. The molecule has 0 aromatic carbocycles. The van der Waals surface area contributed by atoms with Crippen LogP contribution >= 0.6 is 0 Å². The van der Waals surface area contributed by atoms with Crippen molar-refractivity contribution in [2.45, 2.75) is 43.6 Å². The van der Waals surface area contributed by atoms with Gasteiger partial charge in [0, 0.05) is 31.9 Å². The third-order valence-electron chi connectivity index (χ3n) is 5.76. The molecule has 12 heteroatoms. The highest BCUT2D eigenvalue weighted by atomic mass is 19.4. The van der Waals surface area contributed by atoms with E-state index < -0.39 is 18.0 Å². The molecule has 2 saturated heterocycles. The van der Waals surface area contributed by atoms with E-state index in [2.05, 4.69) is 37.9 Å². The summed E-state index contributed by atoms with van der Waals surface area (Å²) in [5, 5.41) is 7.12. The van der Waals surface area contributed by atoms with Crippen molar-refractivity contribution in [3.8, 4) is 0 Å². The smallest absolute Gasteiger partial charge is 0.475 e. The van der Waals surface area contributed by atoms with E-state index in [1.165, 1.54) is 12.4 Å². The van der Waals surface area contributed by atoms with Crippen LogP contribution in [0.1, 0.15) is 25.0 Å². The molecular weight excluding hydrogens is 446 g/mol. The van der Waals surface area contributed by atoms with Crippen LogP contribution in [-0.4, -0.2) is 75.5 Å². The maximum atomic E-state index is 13.0. The molecule has 0 bridgehead atoms. The number of carbonyl (C=O) groups is 1. The number of aliphatic carboxylic acids is 1. The molecule has 0 saturated carbocycles. The number of nitrogens with zero attached hydrogens (tertiary/aromatic N) is 5. The molecule has 1 atom stereocenters. The van der Waals surface area contributed by atoms with Crippen LogP contribution < -0.4 is 4.90 Å². The Morgan fingerprint density at radius 1 is 1.24 bits per heavy atom. The van der Waals surface area contributed by atoms with Gasteiger partial charge in [-0.1, -0.05) is 6.07 Å². The van der Waals surface area contributed by atoms with Gasteiger partial charge < -0.3 is 14.7 Å². The van der Waals surface area contributed by atoms with Crippen LogP contribution in [0.2, 0.25) is 0 Å². The summed E-state index contributed by atoms with van der Waals surface area (Å²) in [4.78, 5) is 25.9. The van der Waals surface area contributed by atoms with Crippen LogP contribution in [0.3, 0.4) is 0 Å². The minimum Gasteiger partial charge on any atom is -0.475 e. The number of piperidine rings is 1. The first-order chi connectivity index (χ1) is 15.6. The fourth-order valence-corrected chi connectivity index (χ4v) is 3.91. The van der Waals surface area contributed by atoms with Gasteiger partial charge in [-0.05, 0) is 38.4 Å². The van der Waals surface area contributed by atoms with Gasteiger partial charge in [0.15, 0.2) is 5.82 Å². The van der Waals surface area contributed by atoms with Gasteiger partial charge in [0.2, 0.25) is 5.95 Å². The van der Waals surface area contributed by atoms with Crippen LogP contribution in [0.5, 0.6) is 0 Å². The fraction of sp³-hybridized carbons (Fsp3) is 0.524. The van der Waals surface area contributed by atoms with E-state index in [1.54, 1.807) is 0 Å². The molecule has 0 radical (unpaired) electrons. The summed E-state index contributed by atoms with van der Waals surface area (Å²) in [6, 6.07) is 6.43. The van der Waals surface area contributed by atoms with E-state index in [0.29, 0.717) is 12.0 Å². The van der Waals surface area contributed by atoms with Gasteiger partial charge in [-0.15, -0.1) is 0 Å². The largest absolute Gasteiger partial charge is 0.490 e. The molecular formula is C21H25F4N5O3. The number of hydrogen-bond acceptors (Lipinski definition) is 7. The summed E-state index contributed by atoms with van der Waals surface area (Å²) in [5.74, 6) is -2.56. The summed E-state index contributed by atoms with van der Waals surface area (Å²) in [7, 11) is 2.14. The van der Waals surface area contributed by atoms with Crippen LogP contribution in [0.4, 0.5) is 23.5 Å². The molecule has 2 fully saturated rings. The zero-order valence-corrected chi connectivity index (χ0v) is 18.0. The lowest BCUT2D eigenvalue weighted by Crippen LogP contribution is -2.45. The standard InChI is InChI=1S/C19H24FN5O.C2HF3O2/c1-24(13-16-4-2-3-7-21-16)17-10-19(26-14-17)5-8-25(9-6-19)18-22-11-15(20)12-23-18;3-2(4,5)1(6)7/h2-4,7,11-12,17H,5-6,8-10,13-14H2,1H3;(H,6,7). The van der Waals surface area contributed by atoms with Crippen molar-refractivity contribution < 1.29 is 32.2 Å². The highest BCUT2D eigenvalue weighted by Crippen LogP contribution is 2.38. The van der Waals surface area contributed by atoms with E-state index in [-0.39, 0.29) is 5.60 Å². The minimum atomic E-state index is -5.08. The molecule has 4 rings (SSSR count). The number of pyridine rings is 1. The van der Waals surface area contributed by atoms with E-state index in [0.717, 1.165) is 51.2 Å². The van der Waals surface area contributed by atoms with Crippen molar-refractivity contribution in [2.75, 3.05) is 31.6 Å². The van der Waals surface area contributed by atoms with E-state index in [4.69, 9.17) is 14.6 Å². The first-order valence-corrected chi connectivity index (χ1v) is 10.3. The van der Waals surface area contributed by atoms with Crippen LogP contribution in [-0.2, 0) is 16.1 Å². The van der Waals surface area contributed by atoms with Gasteiger partial charge >= 0.3 is 12.1 Å². The number of likely N-dealkylation sites (N-methyl/N-ethyl adjacent to an activating group) is 1. The maximum Gasteiger partial charge on any atom is 0.490 e. The second-order valence-electron chi connectivity index (χ2n) is 8.08. The predicted octanol–water partition coefficient (Wildman–Crippen LogP) is 2.90. The van der Waals surface area contributed by atoms with Crippen molar-refractivity contribution >= 4 is 11.9 Å². The lowest BCUT2D eigenvalue weighted by molar-refractivity contribution is -0.192. The van der Waals surface area contributed by atoms with Crippen molar-refractivity contribution in [3.63, 3.8) is 0 Å². The van der Waals surface area contributed by atoms with Crippen LogP contribution in [0.15, 0.2) is 36.8 Å². The first kappa shape index (κ1) is 24.8. The highest BCUT2D eigenvalue weighted by molar-refractivity contribution is 5.73. The van der Waals surface area contributed by atoms with Gasteiger partial charge in [0.25, 0.3) is 0 Å². The monoisotopic (exact) mass is 471 g/mol. The average molecular weight is 471 g/mol. The van der Waals surface area contributed by atoms with Gasteiger partial charge in [0.05, 0.1) is 30.3 Å². The lowest BCUT2D eigenvalue weighted by Gasteiger charge is -2.38. The van der Waals surface area contributed by atoms with Gasteiger partial charge in [-0.3, -0.25) is 9.88 Å². The van der Waals surface area contributed by atoms with Gasteiger partial charge in [-0.25, -0.2) is 19.2 Å². The Kier molecular flexibility index (Phi) is 7.80. The molecule has 1 unspecified atom stereocenters. The number of rotatable bonds is 4. The Labute approximate surface area is 188 Å². The third-order valence-corrected chi connectivity index (χ3v) is 5.76. The molecule has 2 aromatic heterocycles. The maximum absolute atomic E-state index is 13.0. The molecule has 1 N–H and O–H groups in total. The normalized spacial score (nSPS) is 19.9. The number of carboxylic acids is 1. The predicted molar refractivity (Wildman–Crippen MR) is 110 cm³/mol. The molecule has 2 aromatic rings. The number of halogens is 4. The van der Waals surface area contributed by atoms with Crippen molar-refractivity contribution in [3.05, 3.63) is 48.3 Å². The Morgan fingerprint density at radius 2 is 1.88 bits per heavy atom. The molecule has 8 nitrogen and oxygen atoms in total. The number of anilines is 1. The average Bonchev–Trinajstić information content (AvgIpc) is 3.19. The minimum absolute atomic E-state index is 0.0560. The molecule has 33 heavy (non-hydrogen) atoms. The molecule has 2 aliphatic heterocycles. The number of alkyl halides is 3. The Balaban J connectivity index is 0.000000383. The number of ether oxygens (including phenoxy) is 1. The quantitative estimate of drug-likeness (QED) is 0.681. The zero-order valence-electron chi connectivity index (χ0n) is 18.0. The number of aromatic nitrogens is 3. The first-order valence-electron chi connectivity index (χ1n) is 10.3. The summed E-state index contributed by atoms with van der Waals surface area (Å²) in [6.07, 6.45) is 2.13. The Bertz CT molecular complexity index is 906. The Hall–Kier alpha value is -2.86. The van der Waals surface area contributed by atoms with Gasteiger partial charge in [0.1, 0.15) is 0 Å². The number of carboxylic acid groups (broad SMARTS) is 1. The highest BCUT2D eigenvalue weighted by Gasteiger charge is 2.44. The van der Waals surface area contributed by atoms with Crippen LogP contribution in [0, 0.1) is 5.82 Å². The number of hydrogen-bond donors (Lipinski definition) is 1. The zero-order chi connectivity index (χ0) is 24.1. The second-order valence-corrected chi connectivity index (χ2v) is 8.08. The molecule has 0 aliphatic carbocycles. The second kappa shape index (κ2) is 10.4. The van der Waals surface area contributed by atoms with Crippen molar-refractivity contribution in [1.29, 1.82) is 0 Å². The molecule has 2 aliphatic rings. The van der Waals surface area contributed by atoms with E-state index >= 15 is 0 Å².